The maximum atomic E-state index is 12.9. The lowest BCUT2D eigenvalue weighted by Crippen LogP contribution is -2.15. The molecule has 1 heterocycles. The molecule has 0 bridgehead atoms. The number of halogens is 1. The number of nitrogen functional groups attached to an aromatic ring is 1. The number of allylic oxidation sites excluding steroid dienone is 4. The van der Waals surface area contributed by atoms with Crippen LogP contribution in [0.4, 0.5) is 17.3 Å². The first-order chi connectivity index (χ1) is 14.1. The number of Topliss-reactive ketones (excluding diaryl/α,β-unsaturated/α-hetero) is 1. The summed E-state index contributed by atoms with van der Waals surface area (Å²) in [5.74, 6) is 0.258. The molecule has 0 radical (unpaired) electrons. The molecule has 0 aliphatic heterocycles. The van der Waals surface area contributed by atoms with Gasteiger partial charge in [-0.3, -0.25) is 4.79 Å². The minimum absolute atomic E-state index is 0.0104. The Labute approximate surface area is 174 Å². The van der Waals surface area contributed by atoms with E-state index in [9.17, 15) is 4.79 Å². The molecular weight excluding hydrogens is 384 g/mol. The summed E-state index contributed by atoms with van der Waals surface area (Å²) >= 11 is 6.03. The number of nitrogens with zero attached hydrogens (tertiary/aromatic N) is 2. The Balaban J connectivity index is 1.62. The Bertz CT molecular complexity index is 1120. The molecule has 0 fully saturated rings. The largest absolute Gasteiger partial charge is 0.398 e. The molecule has 0 saturated heterocycles. The average molecular weight is 403 g/mol. The minimum atomic E-state index is -0.192. The predicted molar refractivity (Wildman–Crippen MR) is 117 cm³/mol. The zero-order valence-corrected chi connectivity index (χ0v) is 16.3. The molecule has 1 aliphatic carbocycles. The molecule has 4 rings (SSSR count). The van der Waals surface area contributed by atoms with E-state index in [1.165, 1.54) is 0 Å². The fraction of sp³-hybridized carbons (Fsp3) is 0.0870. The Morgan fingerprint density at radius 2 is 2.03 bits per heavy atom. The summed E-state index contributed by atoms with van der Waals surface area (Å²) in [5, 5.41) is 3.76. The van der Waals surface area contributed by atoms with Crippen LogP contribution in [0.15, 0.2) is 79.0 Å². The molecule has 2 aromatic carbocycles. The predicted octanol–water partition coefficient (Wildman–Crippen LogP) is 5.44. The average Bonchev–Trinajstić information content (AvgIpc) is 2.74. The highest BCUT2D eigenvalue weighted by molar-refractivity contribution is 6.30. The van der Waals surface area contributed by atoms with Crippen molar-refractivity contribution in [1.29, 1.82) is 0 Å². The fourth-order valence-electron chi connectivity index (χ4n) is 3.18. The number of rotatable bonds is 5. The van der Waals surface area contributed by atoms with E-state index in [-0.39, 0.29) is 11.7 Å². The van der Waals surface area contributed by atoms with Crippen LogP contribution in [0.2, 0.25) is 5.02 Å². The van der Waals surface area contributed by atoms with Gasteiger partial charge in [0.25, 0.3) is 0 Å². The van der Waals surface area contributed by atoms with Crippen LogP contribution in [0.25, 0.3) is 11.3 Å². The van der Waals surface area contributed by atoms with Crippen molar-refractivity contribution in [1.82, 2.24) is 9.97 Å². The second kappa shape index (κ2) is 8.29. The Kier molecular flexibility index (Phi) is 5.40. The van der Waals surface area contributed by atoms with Crippen molar-refractivity contribution >= 4 is 34.7 Å². The molecule has 0 saturated carbocycles. The number of carbonyl (C=O) groups excluding carboxylic acids is 1. The smallest absolute Gasteiger partial charge is 0.227 e. The molecule has 0 spiro atoms. The van der Waals surface area contributed by atoms with Crippen LogP contribution in [-0.2, 0) is 0 Å². The highest BCUT2D eigenvalue weighted by Crippen LogP contribution is 2.27. The summed E-state index contributed by atoms with van der Waals surface area (Å²) in [5.41, 5.74) is 9.36. The van der Waals surface area contributed by atoms with Crippen molar-refractivity contribution in [3.63, 3.8) is 0 Å². The highest BCUT2D eigenvalue weighted by atomic mass is 35.5. The molecule has 29 heavy (non-hydrogen) atoms. The highest BCUT2D eigenvalue weighted by Gasteiger charge is 2.20. The molecule has 5 nitrogen and oxygen atoms in total. The maximum Gasteiger partial charge on any atom is 0.227 e. The Hall–Kier alpha value is -3.44. The summed E-state index contributed by atoms with van der Waals surface area (Å²) in [4.78, 5) is 21.8. The molecule has 1 atom stereocenters. The van der Waals surface area contributed by atoms with Crippen LogP contribution in [0.3, 0.4) is 0 Å². The van der Waals surface area contributed by atoms with E-state index in [4.69, 9.17) is 17.3 Å². The van der Waals surface area contributed by atoms with E-state index in [2.05, 4.69) is 15.3 Å². The third kappa shape index (κ3) is 4.36. The van der Waals surface area contributed by atoms with Crippen molar-refractivity contribution in [2.45, 2.75) is 6.42 Å². The van der Waals surface area contributed by atoms with Gasteiger partial charge < -0.3 is 11.1 Å². The first-order valence-corrected chi connectivity index (χ1v) is 9.61. The van der Waals surface area contributed by atoms with E-state index >= 15 is 0 Å². The van der Waals surface area contributed by atoms with Crippen molar-refractivity contribution < 1.29 is 4.79 Å². The second-order valence-electron chi connectivity index (χ2n) is 6.72. The van der Waals surface area contributed by atoms with E-state index in [0.29, 0.717) is 34.3 Å². The lowest BCUT2D eigenvalue weighted by Gasteiger charge is -2.14. The zero-order valence-electron chi connectivity index (χ0n) is 15.5. The molecular formula is C23H19ClN4O. The number of benzene rings is 2. The van der Waals surface area contributed by atoms with Crippen molar-refractivity contribution in [3.05, 3.63) is 89.6 Å². The van der Waals surface area contributed by atoms with Crippen molar-refractivity contribution in [2.24, 2.45) is 5.92 Å². The van der Waals surface area contributed by atoms with Crippen molar-refractivity contribution in [3.8, 4) is 11.3 Å². The van der Waals surface area contributed by atoms with Crippen LogP contribution < -0.4 is 11.1 Å². The van der Waals surface area contributed by atoms with Crippen LogP contribution >= 0.6 is 11.6 Å². The first kappa shape index (κ1) is 18.9. The summed E-state index contributed by atoms with van der Waals surface area (Å²) in [6.07, 6.45) is 10.1. The quantitative estimate of drug-likeness (QED) is 0.438. The normalized spacial score (nSPS) is 15.3. The van der Waals surface area contributed by atoms with Gasteiger partial charge >= 0.3 is 0 Å². The van der Waals surface area contributed by atoms with Gasteiger partial charge in [0.2, 0.25) is 5.95 Å². The summed E-state index contributed by atoms with van der Waals surface area (Å²) < 4.78 is 0. The number of carbonyl (C=O) groups is 1. The standard InChI is InChI=1S/C23H19ClN4O/c24-17-7-4-8-18(14-17)27-23-26-12-11-21(28-23)16-9-10-20(25)19(13-16)22(29)15-5-2-1-3-6-15/h1-5,7-15H,6,25H2,(H,26,27,28). The molecule has 1 unspecified atom stereocenters. The topological polar surface area (TPSA) is 80.9 Å². The van der Waals surface area contributed by atoms with Gasteiger partial charge in [0.15, 0.2) is 5.78 Å². The van der Waals surface area contributed by atoms with Crippen LogP contribution in [-0.4, -0.2) is 15.8 Å². The van der Waals surface area contributed by atoms with Gasteiger partial charge in [-0.25, -0.2) is 9.97 Å². The number of hydrogen-bond donors (Lipinski definition) is 2. The lowest BCUT2D eigenvalue weighted by atomic mass is 9.90. The van der Waals surface area contributed by atoms with Gasteiger partial charge in [0, 0.05) is 39.6 Å². The third-order valence-electron chi connectivity index (χ3n) is 4.67. The SMILES string of the molecule is Nc1ccc(-c2ccnc(Nc3cccc(Cl)c3)n2)cc1C(=O)C1C=CC=CC1. The van der Waals surface area contributed by atoms with Crippen LogP contribution in [0, 0.1) is 5.92 Å². The van der Waals surface area contributed by atoms with Crippen LogP contribution in [0.5, 0.6) is 0 Å². The zero-order chi connectivity index (χ0) is 20.2. The van der Waals surface area contributed by atoms with Crippen LogP contribution in [0.1, 0.15) is 16.8 Å². The molecule has 144 valence electrons. The van der Waals surface area contributed by atoms with E-state index in [1.54, 1.807) is 36.5 Å². The monoisotopic (exact) mass is 402 g/mol. The third-order valence-corrected chi connectivity index (χ3v) is 4.90. The minimum Gasteiger partial charge on any atom is -0.398 e. The second-order valence-corrected chi connectivity index (χ2v) is 7.16. The number of ketones is 1. The summed E-state index contributed by atoms with van der Waals surface area (Å²) in [6, 6.07) is 14.5. The molecule has 6 heteroatoms. The van der Waals surface area contributed by atoms with Gasteiger partial charge in [-0.1, -0.05) is 48.0 Å². The molecule has 1 aliphatic rings. The fourth-order valence-corrected chi connectivity index (χ4v) is 3.37. The molecule has 1 aromatic heterocycles. The number of nitrogens with one attached hydrogen (secondary N) is 1. The Morgan fingerprint density at radius 3 is 2.83 bits per heavy atom. The lowest BCUT2D eigenvalue weighted by molar-refractivity contribution is 0.0946. The first-order valence-electron chi connectivity index (χ1n) is 9.23. The van der Waals surface area contributed by atoms with E-state index < -0.39 is 0 Å². The van der Waals surface area contributed by atoms with Gasteiger partial charge in [-0.05, 0) is 42.8 Å². The number of hydrogen-bond acceptors (Lipinski definition) is 5. The number of nitrogens with two attached hydrogens (primary N) is 1. The number of aromatic nitrogens is 2. The van der Waals surface area contributed by atoms with E-state index in [1.807, 2.05) is 42.5 Å². The summed E-state index contributed by atoms with van der Waals surface area (Å²) in [7, 11) is 0. The summed E-state index contributed by atoms with van der Waals surface area (Å²) in [6.45, 7) is 0. The molecule has 3 N–H and O–H groups in total. The van der Waals surface area contributed by atoms with Crippen molar-refractivity contribution in [2.75, 3.05) is 11.1 Å². The van der Waals surface area contributed by atoms with E-state index in [0.717, 1.165) is 11.3 Å². The Morgan fingerprint density at radius 1 is 1.14 bits per heavy atom. The van der Waals surface area contributed by atoms with Gasteiger partial charge in [-0.15, -0.1) is 0 Å². The van der Waals surface area contributed by atoms with Gasteiger partial charge in [0.1, 0.15) is 0 Å². The molecule has 0 amide bonds. The maximum absolute atomic E-state index is 12.9. The molecule has 3 aromatic rings. The van der Waals surface area contributed by atoms with Gasteiger partial charge in [-0.2, -0.15) is 0 Å². The number of anilines is 3. The van der Waals surface area contributed by atoms with Gasteiger partial charge in [0.05, 0.1) is 5.69 Å².